The maximum atomic E-state index is 12.5. The van der Waals surface area contributed by atoms with Crippen LogP contribution in [0.25, 0.3) is 0 Å². The summed E-state index contributed by atoms with van der Waals surface area (Å²) in [6.45, 7) is 2.00. The first-order valence-electron chi connectivity index (χ1n) is 6.22. The Kier molecular flexibility index (Phi) is 4.49. The summed E-state index contributed by atoms with van der Waals surface area (Å²) in [7, 11) is 0. The van der Waals surface area contributed by atoms with Gasteiger partial charge in [0.1, 0.15) is 5.75 Å². The van der Waals surface area contributed by atoms with Crippen LogP contribution in [0.2, 0.25) is 0 Å². The molecule has 0 unspecified atom stereocenters. The largest absolute Gasteiger partial charge is 0.484 e. The van der Waals surface area contributed by atoms with Crippen LogP contribution in [0.1, 0.15) is 5.56 Å². The zero-order valence-electron chi connectivity index (χ0n) is 10.7. The monoisotopic (exact) mass is 288 g/mol. The zero-order valence-corrected chi connectivity index (χ0v) is 10.7. The molecule has 2 N–H and O–H groups in total. The van der Waals surface area contributed by atoms with E-state index in [1.54, 1.807) is 0 Å². The van der Waals surface area contributed by atoms with Crippen molar-refractivity contribution in [2.45, 2.75) is 6.18 Å². The Morgan fingerprint density at radius 1 is 1.40 bits per heavy atom. The van der Waals surface area contributed by atoms with Crippen LogP contribution < -0.4 is 15.4 Å². The summed E-state index contributed by atoms with van der Waals surface area (Å²) >= 11 is 0. The molecular weight excluding hydrogens is 273 g/mol. The number of hydrogen-bond donors (Lipinski definition) is 2. The second-order valence-electron chi connectivity index (χ2n) is 4.64. The van der Waals surface area contributed by atoms with E-state index in [0.29, 0.717) is 12.5 Å². The fraction of sp³-hybridized carbons (Fsp3) is 0.462. The summed E-state index contributed by atoms with van der Waals surface area (Å²) in [6, 6.07) is 4.47. The van der Waals surface area contributed by atoms with Gasteiger partial charge in [0.15, 0.2) is 6.61 Å². The smallest absolute Gasteiger partial charge is 0.416 e. The number of rotatable bonds is 5. The predicted octanol–water partition coefficient (Wildman–Crippen LogP) is 1.42. The van der Waals surface area contributed by atoms with Crippen molar-refractivity contribution in [3.8, 4) is 5.75 Å². The first-order chi connectivity index (χ1) is 9.45. The minimum absolute atomic E-state index is 0.0280. The summed E-state index contributed by atoms with van der Waals surface area (Å²) < 4.78 is 42.5. The lowest BCUT2D eigenvalue weighted by Gasteiger charge is -2.27. The topological polar surface area (TPSA) is 50.4 Å². The van der Waals surface area contributed by atoms with Crippen LogP contribution in [0.4, 0.5) is 13.2 Å². The fourth-order valence-electron chi connectivity index (χ4n) is 1.71. The maximum absolute atomic E-state index is 12.5. The first-order valence-corrected chi connectivity index (χ1v) is 6.22. The number of amides is 1. The number of hydrogen-bond acceptors (Lipinski definition) is 3. The molecule has 0 saturated carbocycles. The average molecular weight is 288 g/mol. The number of alkyl halides is 3. The molecule has 20 heavy (non-hydrogen) atoms. The van der Waals surface area contributed by atoms with Crippen LogP contribution in [0, 0.1) is 5.92 Å². The fourth-order valence-corrected chi connectivity index (χ4v) is 1.71. The van der Waals surface area contributed by atoms with Gasteiger partial charge in [-0.2, -0.15) is 13.2 Å². The van der Waals surface area contributed by atoms with Crippen LogP contribution in [0.15, 0.2) is 24.3 Å². The Hall–Kier alpha value is -1.76. The Bertz CT molecular complexity index is 473. The van der Waals surface area contributed by atoms with Crippen molar-refractivity contribution in [1.82, 2.24) is 10.6 Å². The molecule has 0 aromatic heterocycles. The molecule has 0 spiro atoms. The van der Waals surface area contributed by atoms with Gasteiger partial charge in [0.25, 0.3) is 5.91 Å². The highest BCUT2D eigenvalue weighted by molar-refractivity contribution is 5.77. The lowest BCUT2D eigenvalue weighted by molar-refractivity contribution is -0.137. The minimum atomic E-state index is -4.42. The Labute approximate surface area is 114 Å². The van der Waals surface area contributed by atoms with Gasteiger partial charge in [-0.05, 0) is 18.2 Å². The third-order valence-electron chi connectivity index (χ3n) is 2.99. The summed E-state index contributed by atoms with van der Waals surface area (Å²) in [6.07, 6.45) is -4.42. The van der Waals surface area contributed by atoms with Crippen molar-refractivity contribution in [1.29, 1.82) is 0 Å². The lowest BCUT2D eigenvalue weighted by Crippen LogP contribution is -2.48. The average Bonchev–Trinajstić information content (AvgIpc) is 2.34. The molecule has 1 aromatic carbocycles. The van der Waals surface area contributed by atoms with Crippen LogP contribution in [0.3, 0.4) is 0 Å². The van der Waals surface area contributed by atoms with Crippen LogP contribution in [-0.2, 0) is 11.0 Å². The molecule has 2 rings (SSSR count). The van der Waals surface area contributed by atoms with Crippen molar-refractivity contribution in [3.05, 3.63) is 29.8 Å². The van der Waals surface area contributed by atoms with Crippen molar-refractivity contribution >= 4 is 5.91 Å². The quantitative estimate of drug-likeness (QED) is 0.861. The molecule has 1 amide bonds. The molecule has 110 valence electrons. The molecule has 7 heteroatoms. The molecule has 1 heterocycles. The standard InChI is InChI=1S/C13H15F3N2O2/c14-13(15,16)10-2-1-3-11(4-10)20-8-12(19)18-7-9-5-17-6-9/h1-4,9,17H,5-8H2,(H,18,19). The van der Waals surface area contributed by atoms with Gasteiger partial charge in [0, 0.05) is 25.6 Å². The summed E-state index contributed by atoms with van der Waals surface area (Å²) in [4.78, 5) is 11.5. The Morgan fingerprint density at radius 2 is 2.15 bits per heavy atom. The Balaban J connectivity index is 1.79. The molecule has 1 fully saturated rings. The highest BCUT2D eigenvalue weighted by Crippen LogP contribution is 2.31. The van der Waals surface area contributed by atoms with Gasteiger partial charge in [-0.25, -0.2) is 0 Å². The van der Waals surface area contributed by atoms with E-state index in [1.165, 1.54) is 12.1 Å². The van der Waals surface area contributed by atoms with Crippen molar-refractivity contribution in [2.24, 2.45) is 5.92 Å². The third kappa shape index (κ3) is 4.12. The van der Waals surface area contributed by atoms with E-state index in [9.17, 15) is 18.0 Å². The second kappa shape index (κ2) is 6.13. The van der Waals surface area contributed by atoms with E-state index in [-0.39, 0.29) is 18.3 Å². The highest BCUT2D eigenvalue weighted by Gasteiger charge is 2.30. The van der Waals surface area contributed by atoms with E-state index >= 15 is 0 Å². The van der Waals surface area contributed by atoms with Gasteiger partial charge in [0.2, 0.25) is 0 Å². The molecule has 0 bridgehead atoms. The number of carbonyl (C=O) groups excluding carboxylic acids is 1. The summed E-state index contributed by atoms with van der Waals surface area (Å²) in [5, 5.41) is 5.75. The summed E-state index contributed by atoms with van der Waals surface area (Å²) in [5.74, 6) is 0.113. The molecule has 1 aliphatic heterocycles. The molecule has 1 aromatic rings. The molecule has 0 atom stereocenters. The molecule has 0 aliphatic carbocycles. The van der Waals surface area contributed by atoms with Crippen molar-refractivity contribution < 1.29 is 22.7 Å². The number of nitrogens with one attached hydrogen (secondary N) is 2. The van der Waals surface area contributed by atoms with Gasteiger partial charge in [-0.1, -0.05) is 6.07 Å². The van der Waals surface area contributed by atoms with E-state index in [2.05, 4.69) is 10.6 Å². The Morgan fingerprint density at radius 3 is 2.75 bits per heavy atom. The van der Waals surface area contributed by atoms with Gasteiger partial charge < -0.3 is 15.4 Å². The number of carbonyl (C=O) groups is 1. The van der Waals surface area contributed by atoms with Crippen LogP contribution in [-0.4, -0.2) is 32.1 Å². The molecule has 4 nitrogen and oxygen atoms in total. The molecule has 1 aliphatic rings. The van der Waals surface area contributed by atoms with Crippen LogP contribution in [0.5, 0.6) is 5.75 Å². The normalized spacial score (nSPS) is 15.6. The molecular formula is C13H15F3N2O2. The zero-order chi connectivity index (χ0) is 14.6. The van der Waals surface area contributed by atoms with Crippen molar-refractivity contribution in [3.63, 3.8) is 0 Å². The van der Waals surface area contributed by atoms with Gasteiger partial charge in [-0.3, -0.25) is 4.79 Å². The summed E-state index contributed by atoms with van der Waals surface area (Å²) in [5.41, 5.74) is -0.795. The van der Waals surface area contributed by atoms with E-state index in [1.807, 2.05) is 0 Å². The molecule has 0 radical (unpaired) electrons. The van der Waals surface area contributed by atoms with E-state index in [0.717, 1.165) is 25.2 Å². The lowest BCUT2D eigenvalue weighted by atomic mass is 10.0. The number of benzene rings is 1. The van der Waals surface area contributed by atoms with E-state index in [4.69, 9.17) is 4.74 Å². The maximum Gasteiger partial charge on any atom is 0.416 e. The minimum Gasteiger partial charge on any atom is -0.484 e. The number of ether oxygens (including phenoxy) is 1. The SMILES string of the molecule is O=C(COc1cccc(C(F)(F)F)c1)NCC1CNC1. The second-order valence-corrected chi connectivity index (χ2v) is 4.64. The first kappa shape index (κ1) is 14.6. The number of halogens is 3. The van der Waals surface area contributed by atoms with Crippen LogP contribution >= 0.6 is 0 Å². The van der Waals surface area contributed by atoms with E-state index < -0.39 is 11.7 Å². The highest BCUT2D eigenvalue weighted by atomic mass is 19.4. The van der Waals surface area contributed by atoms with Gasteiger partial charge >= 0.3 is 6.18 Å². The molecule has 1 saturated heterocycles. The van der Waals surface area contributed by atoms with Crippen molar-refractivity contribution in [2.75, 3.05) is 26.2 Å². The predicted molar refractivity (Wildman–Crippen MR) is 66.3 cm³/mol. The van der Waals surface area contributed by atoms with Gasteiger partial charge in [-0.15, -0.1) is 0 Å². The third-order valence-corrected chi connectivity index (χ3v) is 2.99. The van der Waals surface area contributed by atoms with Gasteiger partial charge in [0.05, 0.1) is 5.56 Å².